The summed E-state index contributed by atoms with van der Waals surface area (Å²) in [5.41, 5.74) is 0.594. The van der Waals surface area contributed by atoms with Crippen molar-refractivity contribution >= 4 is 16.9 Å². The number of carbonyl (C=O) groups is 1. The Morgan fingerprint density at radius 1 is 1.24 bits per heavy atom. The molecule has 1 aromatic carbocycles. The number of benzene rings is 1. The number of para-hydroxylation sites is 1. The van der Waals surface area contributed by atoms with Crippen molar-refractivity contribution in [2.75, 3.05) is 0 Å². The standard InChI is InChI=1S/C13H13NO3/c1-2-13(16)17-9-14-11-6-4-3-5-10(11)7-8-12(14)15/h3-8H,2,9H2,1H3. The number of carbonyl (C=O) groups excluding carboxylic acids is 1. The molecule has 1 aromatic heterocycles. The molecule has 0 saturated heterocycles. The van der Waals surface area contributed by atoms with Crippen molar-refractivity contribution in [3.63, 3.8) is 0 Å². The van der Waals surface area contributed by atoms with Crippen LogP contribution in [0.25, 0.3) is 10.9 Å². The second-order valence-corrected chi connectivity index (χ2v) is 3.66. The number of ether oxygens (including phenoxy) is 1. The SMILES string of the molecule is CCC(=O)OCn1c(=O)ccc2ccccc21. The second kappa shape index (κ2) is 4.82. The molecule has 0 bridgehead atoms. The number of rotatable bonds is 3. The topological polar surface area (TPSA) is 48.3 Å². The van der Waals surface area contributed by atoms with Crippen LogP contribution in [0.5, 0.6) is 0 Å². The summed E-state index contributed by atoms with van der Waals surface area (Å²) in [7, 11) is 0. The minimum Gasteiger partial charge on any atom is -0.444 e. The van der Waals surface area contributed by atoms with Crippen molar-refractivity contribution in [1.29, 1.82) is 0 Å². The van der Waals surface area contributed by atoms with E-state index in [0.717, 1.165) is 10.9 Å². The maximum absolute atomic E-state index is 11.7. The Hall–Kier alpha value is -2.10. The van der Waals surface area contributed by atoms with Gasteiger partial charge in [-0.2, -0.15) is 0 Å². The molecule has 0 aliphatic rings. The van der Waals surface area contributed by atoms with E-state index in [2.05, 4.69) is 0 Å². The van der Waals surface area contributed by atoms with E-state index in [1.54, 1.807) is 13.0 Å². The van der Waals surface area contributed by atoms with Crippen molar-refractivity contribution in [3.05, 3.63) is 46.8 Å². The third-order valence-corrected chi connectivity index (χ3v) is 2.54. The molecule has 2 rings (SSSR count). The van der Waals surface area contributed by atoms with Crippen LogP contribution in [-0.4, -0.2) is 10.5 Å². The van der Waals surface area contributed by atoms with E-state index in [-0.39, 0.29) is 18.3 Å². The number of nitrogens with zero attached hydrogens (tertiary/aromatic N) is 1. The summed E-state index contributed by atoms with van der Waals surface area (Å²) >= 11 is 0. The number of fused-ring (bicyclic) bond motifs is 1. The summed E-state index contributed by atoms with van der Waals surface area (Å²) in [5.74, 6) is -0.315. The van der Waals surface area contributed by atoms with Gasteiger partial charge in [0.2, 0.25) is 0 Å². The normalized spacial score (nSPS) is 10.4. The Morgan fingerprint density at radius 2 is 2.00 bits per heavy atom. The van der Waals surface area contributed by atoms with E-state index in [1.807, 2.05) is 24.3 Å². The molecular weight excluding hydrogens is 218 g/mol. The largest absolute Gasteiger partial charge is 0.444 e. The molecule has 0 atom stereocenters. The van der Waals surface area contributed by atoms with Crippen LogP contribution in [0.15, 0.2) is 41.2 Å². The highest BCUT2D eigenvalue weighted by Gasteiger charge is 2.04. The van der Waals surface area contributed by atoms with Crippen molar-refractivity contribution in [2.45, 2.75) is 20.1 Å². The minimum atomic E-state index is -0.315. The van der Waals surface area contributed by atoms with Gasteiger partial charge in [-0.05, 0) is 17.5 Å². The summed E-state index contributed by atoms with van der Waals surface area (Å²) in [5, 5.41) is 0.944. The lowest BCUT2D eigenvalue weighted by Crippen LogP contribution is -2.22. The molecule has 0 spiro atoms. The van der Waals surface area contributed by atoms with Crippen molar-refractivity contribution in [2.24, 2.45) is 0 Å². The molecule has 0 fully saturated rings. The molecule has 0 saturated carbocycles. The molecule has 17 heavy (non-hydrogen) atoms. The van der Waals surface area contributed by atoms with Gasteiger partial charge in [-0.15, -0.1) is 0 Å². The quantitative estimate of drug-likeness (QED) is 0.758. The zero-order chi connectivity index (χ0) is 12.3. The highest BCUT2D eigenvalue weighted by atomic mass is 16.5. The van der Waals surface area contributed by atoms with Gasteiger partial charge < -0.3 is 4.74 Å². The summed E-state index contributed by atoms with van der Waals surface area (Å²) < 4.78 is 6.44. The van der Waals surface area contributed by atoms with Crippen LogP contribution < -0.4 is 5.56 Å². The van der Waals surface area contributed by atoms with Crippen LogP contribution in [-0.2, 0) is 16.3 Å². The molecule has 0 N–H and O–H groups in total. The third-order valence-electron chi connectivity index (χ3n) is 2.54. The zero-order valence-electron chi connectivity index (χ0n) is 9.55. The van der Waals surface area contributed by atoms with Gasteiger partial charge in [0.05, 0.1) is 5.52 Å². The maximum atomic E-state index is 11.7. The molecular formula is C13H13NO3. The fraction of sp³-hybridized carbons (Fsp3) is 0.231. The molecule has 2 aromatic rings. The van der Waals surface area contributed by atoms with Gasteiger partial charge in [0.1, 0.15) is 0 Å². The molecule has 4 nitrogen and oxygen atoms in total. The average Bonchev–Trinajstić information content (AvgIpc) is 2.37. The Kier molecular flexibility index (Phi) is 3.23. The van der Waals surface area contributed by atoms with Crippen molar-refractivity contribution in [3.8, 4) is 0 Å². The fourth-order valence-corrected chi connectivity index (χ4v) is 1.62. The van der Waals surface area contributed by atoms with Gasteiger partial charge in [0, 0.05) is 12.5 Å². The van der Waals surface area contributed by atoms with Gasteiger partial charge in [0.25, 0.3) is 5.56 Å². The monoisotopic (exact) mass is 231 g/mol. The zero-order valence-corrected chi connectivity index (χ0v) is 9.55. The van der Waals surface area contributed by atoms with E-state index in [4.69, 9.17) is 4.74 Å². The number of hydrogen-bond donors (Lipinski definition) is 0. The number of esters is 1. The van der Waals surface area contributed by atoms with Crippen molar-refractivity contribution < 1.29 is 9.53 Å². The number of aromatic nitrogens is 1. The molecule has 0 radical (unpaired) electrons. The second-order valence-electron chi connectivity index (χ2n) is 3.66. The van der Waals surface area contributed by atoms with Crippen LogP contribution in [0.4, 0.5) is 0 Å². The first-order valence-electron chi connectivity index (χ1n) is 5.46. The Bertz CT molecular complexity index is 601. The highest BCUT2D eigenvalue weighted by Crippen LogP contribution is 2.10. The first kappa shape index (κ1) is 11.4. The average molecular weight is 231 g/mol. The van der Waals surface area contributed by atoms with Gasteiger partial charge in [-0.3, -0.25) is 14.2 Å². The molecule has 0 aliphatic heterocycles. The number of pyridine rings is 1. The van der Waals surface area contributed by atoms with Crippen molar-refractivity contribution in [1.82, 2.24) is 4.57 Å². The Balaban J connectivity index is 2.41. The molecule has 1 heterocycles. The summed E-state index contributed by atoms with van der Waals surface area (Å²) in [6, 6.07) is 10.7. The molecule has 88 valence electrons. The first-order chi connectivity index (χ1) is 8.22. The predicted molar refractivity (Wildman–Crippen MR) is 64.6 cm³/mol. The van der Waals surface area contributed by atoms with Crippen LogP contribution in [0.1, 0.15) is 13.3 Å². The predicted octanol–water partition coefficient (Wildman–Crippen LogP) is 1.91. The minimum absolute atomic E-state index is 0.0349. The van der Waals surface area contributed by atoms with Crippen LogP contribution >= 0.6 is 0 Å². The van der Waals surface area contributed by atoms with Gasteiger partial charge in [-0.25, -0.2) is 0 Å². The van der Waals surface area contributed by atoms with E-state index < -0.39 is 0 Å². The molecule has 4 heteroatoms. The lowest BCUT2D eigenvalue weighted by atomic mass is 10.2. The fourth-order valence-electron chi connectivity index (χ4n) is 1.62. The molecule has 0 amide bonds. The van der Waals surface area contributed by atoms with E-state index in [9.17, 15) is 9.59 Å². The smallest absolute Gasteiger partial charge is 0.307 e. The third kappa shape index (κ3) is 2.36. The van der Waals surface area contributed by atoms with Gasteiger partial charge in [0.15, 0.2) is 6.73 Å². The summed E-state index contributed by atoms with van der Waals surface area (Å²) in [6.45, 7) is 1.68. The maximum Gasteiger partial charge on any atom is 0.307 e. The summed E-state index contributed by atoms with van der Waals surface area (Å²) in [4.78, 5) is 22.8. The Morgan fingerprint density at radius 3 is 2.76 bits per heavy atom. The molecule has 0 aliphatic carbocycles. The number of hydrogen-bond acceptors (Lipinski definition) is 3. The van der Waals surface area contributed by atoms with Crippen LogP contribution in [0.2, 0.25) is 0 Å². The summed E-state index contributed by atoms with van der Waals surface area (Å²) in [6.07, 6.45) is 0.305. The van der Waals surface area contributed by atoms with E-state index in [0.29, 0.717) is 6.42 Å². The molecule has 0 unspecified atom stereocenters. The lowest BCUT2D eigenvalue weighted by molar-refractivity contribution is -0.147. The highest BCUT2D eigenvalue weighted by molar-refractivity contribution is 5.78. The Labute approximate surface area is 98.4 Å². The lowest BCUT2D eigenvalue weighted by Gasteiger charge is -2.09. The van der Waals surface area contributed by atoms with Gasteiger partial charge >= 0.3 is 5.97 Å². The van der Waals surface area contributed by atoms with E-state index in [1.165, 1.54) is 10.6 Å². The first-order valence-corrected chi connectivity index (χ1v) is 5.46. The van der Waals surface area contributed by atoms with Crippen LogP contribution in [0.3, 0.4) is 0 Å². The van der Waals surface area contributed by atoms with Crippen LogP contribution in [0, 0.1) is 0 Å². The van der Waals surface area contributed by atoms with E-state index >= 15 is 0 Å². The van der Waals surface area contributed by atoms with Gasteiger partial charge in [-0.1, -0.05) is 25.1 Å².